The van der Waals surface area contributed by atoms with Crippen LogP contribution >= 0.6 is 0 Å². The van der Waals surface area contributed by atoms with Gasteiger partial charge in [-0.25, -0.2) is 4.79 Å². The Labute approximate surface area is 188 Å². The van der Waals surface area contributed by atoms with Gasteiger partial charge in [-0.3, -0.25) is 19.8 Å². The molecule has 3 rings (SSSR count). The van der Waals surface area contributed by atoms with E-state index in [2.05, 4.69) is 10.6 Å². The van der Waals surface area contributed by atoms with Gasteiger partial charge in [0, 0.05) is 13.1 Å². The minimum atomic E-state index is -0.567. The molecule has 168 valence electrons. The van der Waals surface area contributed by atoms with Crippen molar-refractivity contribution in [1.82, 2.24) is 4.90 Å². The second-order valence-corrected chi connectivity index (χ2v) is 8.47. The number of para-hydroxylation sites is 2. The van der Waals surface area contributed by atoms with Crippen LogP contribution in [0, 0.1) is 0 Å². The van der Waals surface area contributed by atoms with E-state index < -0.39 is 11.7 Å². The number of nitrogens with zero attached hydrogens (tertiary/aromatic N) is 1. The molecule has 2 aromatic rings. The number of nitrogens with one attached hydrogen (secondary N) is 2. The molecule has 2 N–H and O–H groups in total. The molecule has 0 aliphatic carbocycles. The highest BCUT2D eigenvalue weighted by atomic mass is 16.6. The Morgan fingerprint density at radius 3 is 2.16 bits per heavy atom. The molecule has 1 heterocycles. The van der Waals surface area contributed by atoms with Gasteiger partial charge in [0.05, 0.1) is 22.5 Å². The zero-order valence-electron chi connectivity index (χ0n) is 18.7. The van der Waals surface area contributed by atoms with Crippen molar-refractivity contribution in [1.29, 1.82) is 0 Å². The lowest BCUT2D eigenvalue weighted by Crippen LogP contribution is -2.30. The van der Waals surface area contributed by atoms with Gasteiger partial charge in [0.1, 0.15) is 5.60 Å². The van der Waals surface area contributed by atoms with E-state index in [9.17, 15) is 14.4 Å². The van der Waals surface area contributed by atoms with Crippen LogP contribution in [0.5, 0.6) is 0 Å². The summed E-state index contributed by atoms with van der Waals surface area (Å²) < 4.78 is 5.30. The average molecular weight is 436 g/mol. The Bertz CT molecular complexity index is 989. The topological polar surface area (TPSA) is 87.7 Å². The van der Waals surface area contributed by atoms with E-state index >= 15 is 0 Å². The van der Waals surface area contributed by atoms with E-state index in [0.29, 0.717) is 36.3 Å². The van der Waals surface area contributed by atoms with E-state index in [1.54, 1.807) is 30.3 Å². The fraction of sp³-hybridized carbons (Fsp3) is 0.320. The first kappa shape index (κ1) is 23.1. The van der Waals surface area contributed by atoms with Gasteiger partial charge in [0.15, 0.2) is 0 Å². The summed E-state index contributed by atoms with van der Waals surface area (Å²) in [7, 11) is 0. The van der Waals surface area contributed by atoms with Crippen molar-refractivity contribution in [3.8, 4) is 0 Å². The molecule has 1 aliphatic rings. The molecule has 32 heavy (non-hydrogen) atoms. The molecule has 0 radical (unpaired) electrons. The van der Waals surface area contributed by atoms with Gasteiger partial charge in [-0.15, -0.1) is 0 Å². The molecule has 0 bridgehead atoms. The molecule has 7 heteroatoms. The third kappa shape index (κ3) is 5.97. The molecule has 0 aromatic heterocycles. The number of anilines is 2. The smallest absolute Gasteiger partial charge is 0.412 e. The largest absolute Gasteiger partial charge is 0.444 e. The first-order chi connectivity index (χ1) is 15.3. The Hall–Kier alpha value is -3.61. The van der Waals surface area contributed by atoms with E-state index in [-0.39, 0.29) is 11.8 Å². The summed E-state index contributed by atoms with van der Waals surface area (Å²) in [5, 5.41) is 6.02. The molecule has 1 aliphatic heterocycles. The van der Waals surface area contributed by atoms with E-state index in [1.165, 1.54) is 4.90 Å². The number of fused-ring (bicyclic) bond motifs is 1. The molecule has 0 spiro atoms. The summed E-state index contributed by atoms with van der Waals surface area (Å²) in [5.74, 6) is -0.435. The van der Waals surface area contributed by atoms with Gasteiger partial charge in [0.2, 0.25) is 0 Å². The summed E-state index contributed by atoms with van der Waals surface area (Å²) in [5.41, 5.74) is 1.82. The number of unbranched alkanes of at least 4 members (excludes halogenated alkanes) is 1. The molecular formula is C25H29N3O4. The Morgan fingerprint density at radius 1 is 0.938 bits per heavy atom. The van der Waals surface area contributed by atoms with Crippen LogP contribution in [0.25, 0.3) is 0 Å². The summed E-state index contributed by atoms with van der Waals surface area (Å²) in [6.07, 6.45) is 4.92. The van der Waals surface area contributed by atoms with Crippen molar-refractivity contribution < 1.29 is 19.1 Å². The number of amides is 3. The first-order valence-corrected chi connectivity index (χ1v) is 10.7. The fourth-order valence-electron chi connectivity index (χ4n) is 3.34. The maximum atomic E-state index is 12.4. The van der Waals surface area contributed by atoms with Gasteiger partial charge in [-0.1, -0.05) is 36.4 Å². The lowest BCUT2D eigenvalue weighted by atomic mass is 10.1. The number of hydrogen-bond acceptors (Lipinski definition) is 5. The highest BCUT2D eigenvalue weighted by Gasteiger charge is 2.34. The van der Waals surface area contributed by atoms with Gasteiger partial charge in [-0.05, 0) is 57.9 Å². The maximum Gasteiger partial charge on any atom is 0.412 e. The molecule has 3 amide bonds. The average Bonchev–Trinajstić information content (AvgIpc) is 2.97. The third-order valence-corrected chi connectivity index (χ3v) is 4.77. The number of rotatable bonds is 8. The number of imide groups is 1. The van der Waals surface area contributed by atoms with Crippen LogP contribution in [0.4, 0.5) is 16.2 Å². The monoisotopic (exact) mass is 435 g/mol. The van der Waals surface area contributed by atoms with Gasteiger partial charge in [-0.2, -0.15) is 0 Å². The van der Waals surface area contributed by atoms with Crippen molar-refractivity contribution >= 4 is 29.3 Å². The van der Waals surface area contributed by atoms with Crippen LogP contribution in [-0.2, 0) is 4.74 Å². The van der Waals surface area contributed by atoms with Crippen LogP contribution in [-0.4, -0.2) is 41.5 Å². The van der Waals surface area contributed by atoms with Crippen molar-refractivity contribution in [2.75, 3.05) is 23.7 Å². The third-order valence-electron chi connectivity index (χ3n) is 4.77. The van der Waals surface area contributed by atoms with Crippen LogP contribution in [0.15, 0.2) is 60.7 Å². The van der Waals surface area contributed by atoms with E-state index in [1.807, 2.05) is 51.1 Å². The van der Waals surface area contributed by atoms with Crippen LogP contribution in [0.3, 0.4) is 0 Å². The van der Waals surface area contributed by atoms with Crippen LogP contribution in [0.1, 0.15) is 54.3 Å². The minimum absolute atomic E-state index is 0.217. The molecule has 0 saturated carbocycles. The number of ether oxygens (including phenoxy) is 1. The van der Waals surface area contributed by atoms with Crippen molar-refractivity contribution in [2.45, 2.75) is 39.2 Å². The van der Waals surface area contributed by atoms with Crippen molar-refractivity contribution in [2.24, 2.45) is 0 Å². The molecule has 0 fully saturated rings. The number of carbonyl (C=O) groups excluding carboxylic acids is 3. The predicted octanol–water partition coefficient (Wildman–Crippen LogP) is 5.08. The summed E-state index contributed by atoms with van der Waals surface area (Å²) >= 11 is 0. The normalized spacial score (nSPS) is 13.4. The quantitative estimate of drug-likeness (QED) is 0.343. The minimum Gasteiger partial charge on any atom is -0.444 e. The second-order valence-electron chi connectivity index (χ2n) is 8.47. The van der Waals surface area contributed by atoms with Gasteiger partial charge in [0.25, 0.3) is 11.8 Å². The molecule has 0 saturated heterocycles. The first-order valence-electron chi connectivity index (χ1n) is 10.7. The summed E-state index contributed by atoms with van der Waals surface area (Å²) in [4.78, 5) is 38.1. The number of carbonyl (C=O) groups is 3. The van der Waals surface area contributed by atoms with Gasteiger partial charge >= 0.3 is 6.09 Å². The SMILES string of the molecule is CC(C)(C)OC(=O)Nc1ccccc1NC/C=C/CCCN1C(=O)c2ccccc2C1=O. The predicted molar refractivity (Wildman–Crippen MR) is 125 cm³/mol. The molecule has 2 aromatic carbocycles. The maximum absolute atomic E-state index is 12.4. The van der Waals surface area contributed by atoms with E-state index in [4.69, 9.17) is 4.74 Å². The van der Waals surface area contributed by atoms with Crippen LogP contribution in [0.2, 0.25) is 0 Å². The number of hydrogen-bond donors (Lipinski definition) is 2. The molecule has 0 unspecified atom stereocenters. The van der Waals surface area contributed by atoms with Crippen molar-refractivity contribution in [3.63, 3.8) is 0 Å². The number of allylic oxidation sites excluding steroid dienone is 1. The van der Waals surface area contributed by atoms with Crippen LogP contribution < -0.4 is 10.6 Å². The Balaban J connectivity index is 1.42. The highest BCUT2D eigenvalue weighted by molar-refractivity contribution is 6.21. The fourth-order valence-corrected chi connectivity index (χ4v) is 3.34. The molecule has 7 nitrogen and oxygen atoms in total. The van der Waals surface area contributed by atoms with E-state index in [0.717, 1.165) is 12.1 Å². The lowest BCUT2D eigenvalue weighted by molar-refractivity contribution is 0.0628. The molecular weight excluding hydrogens is 406 g/mol. The molecule has 0 atom stereocenters. The van der Waals surface area contributed by atoms with Gasteiger partial charge < -0.3 is 10.1 Å². The summed E-state index contributed by atoms with van der Waals surface area (Å²) in [6.45, 7) is 6.41. The van der Waals surface area contributed by atoms with Crippen molar-refractivity contribution in [3.05, 3.63) is 71.8 Å². The lowest BCUT2D eigenvalue weighted by Gasteiger charge is -2.20. The summed E-state index contributed by atoms with van der Waals surface area (Å²) in [6, 6.07) is 14.3. The Morgan fingerprint density at radius 2 is 1.53 bits per heavy atom. The Kier molecular flexibility index (Phi) is 7.30. The standard InChI is InChI=1S/C25H29N3O4/c1-25(2,3)32-24(31)27-21-15-9-8-14-20(21)26-16-10-4-5-11-17-28-22(29)18-12-6-7-13-19(18)23(28)30/h4,6-10,12-15,26H,5,11,16-17H2,1-3H3,(H,27,31)/b10-4+. The zero-order valence-corrected chi connectivity index (χ0v) is 18.7. The number of benzene rings is 2. The second kappa shape index (κ2) is 10.1. The zero-order chi connectivity index (χ0) is 23.1. The highest BCUT2D eigenvalue weighted by Crippen LogP contribution is 2.23.